The summed E-state index contributed by atoms with van der Waals surface area (Å²) in [6.07, 6.45) is 5.85. The Morgan fingerprint density at radius 2 is 0.795 bits per heavy atom. The zero-order valence-corrected chi connectivity index (χ0v) is 44.0. The molecule has 4 unspecified atom stereocenters. The number of carbonyl (C=O) groups is 4. The number of benzene rings is 4. The Morgan fingerprint density at radius 1 is 0.466 bits per heavy atom. The maximum absolute atomic E-state index is 13.2. The third-order valence-electron chi connectivity index (χ3n) is 14.2. The van der Waals surface area contributed by atoms with E-state index in [2.05, 4.69) is 50.5 Å². The summed E-state index contributed by atoms with van der Waals surface area (Å²) >= 11 is 0. The molecular weight excluding hydrogens is 945 g/mol. The maximum atomic E-state index is 13.2. The molecule has 4 atom stereocenters. The molecule has 398 valence electrons. The minimum Gasteiger partial charge on any atom is -0.543 e. The maximum Gasteiger partial charge on any atom is 0.311 e. The molecule has 0 saturated carbocycles. The second kappa shape index (κ2) is 26.7. The van der Waals surface area contributed by atoms with Crippen molar-refractivity contribution in [2.24, 2.45) is 0 Å². The van der Waals surface area contributed by atoms with Crippen molar-refractivity contribution in [3.05, 3.63) is 94.0 Å². The third kappa shape index (κ3) is 14.6. The van der Waals surface area contributed by atoms with E-state index >= 15 is 0 Å². The number of carbonyl (C=O) groups excluding carboxylic acids is 4. The quantitative estimate of drug-likeness (QED) is 0.0409. The molecule has 6 rings (SSSR count). The van der Waals surface area contributed by atoms with Crippen LogP contribution in [0.25, 0.3) is 0 Å². The summed E-state index contributed by atoms with van der Waals surface area (Å²) in [5.41, 5.74) is 7.00. The predicted molar refractivity (Wildman–Crippen MR) is 265 cm³/mol. The summed E-state index contributed by atoms with van der Waals surface area (Å²) in [6.45, 7) is 3.57. The molecule has 18 heteroatoms. The zero-order chi connectivity index (χ0) is 53.3. The Hall–Kier alpha value is -6.92. The monoisotopic (exact) mass is 1020 g/mol. The molecular formula is C55H72N2O16. The van der Waals surface area contributed by atoms with Crippen LogP contribution in [0, 0.1) is 0 Å². The largest absolute Gasteiger partial charge is 0.543 e. The van der Waals surface area contributed by atoms with Crippen molar-refractivity contribution in [3.8, 4) is 46.0 Å². The van der Waals surface area contributed by atoms with E-state index in [9.17, 15) is 9.59 Å². The van der Waals surface area contributed by atoms with Gasteiger partial charge in [-0.1, -0.05) is 12.1 Å². The number of fused-ring (bicyclic) bond motifs is 2. The zero-order valence-electron chi connectivity index (χ0n) is 44.0. The molecule has 0 bridgehead atoms. The Balaban J connectivity index is 0.00000155. The van der Waals surface area contributed by atoms with Crippen molar-refractivity contribution in [3.63, 3.8) is 0 Å². The van der Waals surface area contributed by atoms with Crippen molar-refractivity contribution in [1.29, 1.82) is 0 Å². The Bertz CT molecular complexity index is 2360. The van der Waals surface area contributed by atoms with E-state index in [-0.39, 0.29) is 24.0 Å². The average molecular weight is 1020 g/mol. The van der Waals surface area contributed by atoms with Crippen LogP contribution < -0.4 is 48.1 Å². The predicted octanol–water partition coefficient (Wildman–Crippen LogP) is 4.55. The summed E-state index contributed by atoms with van der Waals surface area (Å²) in [4.78, 5) is 44.3. The topological polar surface area (TPSA) is 207 Å². The van der Waals surface area contributed by atoms with Gasteiger partial charge in [0.2, 0.25) is 0 Å². The molecule has 0 aromatic heterocycles. The van der Waals surface area contributed by atoms with Gasteiger partial charge in [-0.25, -0.2) is 0 Å². The van der Waals surface area contributed by atoms with Gasteiger partial charge >= 0.3 is 11.9 Å². The van der Waals surface area contributed by atoms with Crippen molar-refractivity contribution in [2.45, 2.75) is 69.9 Å². The fourth-order valence-electron chi connectivity index (χ4n) is 9.91. The van der Waals surface area contributed by atoms with Gasteiger partial charge in [0.1, 0.15) is 12.1 Å². The first-order valence-corrected chi connectivity index (χ1v) is 24.3. The van der Waals surface area contributed by atoms with Crippen LogP contribution in [0.2, 0.25) is 0 Å². The number of nitrogens with zero attached hydrogens (tertiary/aromatic N) is 2. The van der Waals surface area contributed by atoms with Crippen LogP contribution in [0.15, 0.2) is 60.7 Å². The minimum atomic E-state index is -2.19. The summed E-state index contributed by atoms with van der Waals surface area (Å²) < 4.78 is 57.8. The number of unbranched alkanes of at least 4 members (excludes halogenated alkanes) is 2. The second-order valence-corrected chi connectivity index (χ2v) is 18.6. The highest BCUT2D eigenvalue weighted by molar-refractivity contribution is 6.25. The van der Waals surface area contributed by atoms with Crippen LogP contribution in [-0.2, 0) is 54.3 Å². The Morgan fingerprint density at radius 3 is 1.12 bits per heavy atom. The molecule has 0 N–H and O–H groups in total. The molecule has 2 aliphatic rings. The molecule has 0 fully saturated rings. The Kier molecular flexibility index (Phi) is 20.8. The van der Waals surface area contributed by atoms with Gasteiger partial charge in [-0.15, -0.1) is 0 Å². The Labute approximate surface area is 428 Å². The lowest BCUT2D eigenvalue weighted by Gasteiger charge is -2.46. The van der Waals surface area contributed by atoms with Crippen molar-refractivity contribution >= 4 is 23.9 Å². The highest BCUT2D eigenvalue weighted by Gasteiger charge is 2.42. The normalized spacial score (nSPS) is 18.5. The second-order valence-electron chi connectivity index (χ2n) is 18.6. The number of hydrogen-bond donors (Lipinski definition) is 0. The number of hydrogen-bond acceptors (Lipinski definition) is 16. The smallest absolute Gasteiger partial charge is 0.311 e. The molecule has 2 heterocycles. The SMILES string of the molecule is COc1ccc(CC2c3cc(OC)c(OC)cc3CC[N+]2(C)CCC(=O)OCCCCCOC(=O)CC[N+]2(C)CCc3cc(OC)c(OC)cc3C2Cc2ccc(OC)c(OC)c2)cc1OC.O=C([O-])C(=O)[O-]. The molecule has 4 aromatic rings. The molecule has 0 saturated heterocycles. The number of esters is 2. The van der Waals surface area contributed by atoms with Gasteiger partial charge in [-0.05, 0) is 90.0 Å². The van der Waals surface area contributed by atoms with Crippen LogP contribution >= 0.6 is 0 Å². The van der Waals surface area contributed by atoms with E-state index in [4.69, 9.17) is 67.2 Å². The molecule has 0 aliphatic carbocycles. The van der Waals surface area contributed by atoms with E-state index in [0.29, 0.717) is 107 Å². The van der Waals surface area contributed by atoms with Gasteiger partial charge in [0, 0.05) is 36.8 Å². The molecule has 0 amide bonds. The van der Waals surface area contributed by atoms with Gasteiger partial charge in [0.25, 0.3) is 0 Å². The first kappa shape index (κ1) is 57.0. The van der Waals surface area contributed by atoms with Crippen molar-refractivity contribution < 1.29 is 85.7 Å². The number of methoxy groups -OCH3 is 8. The number of aliphatic carboxylic acids is 2. The van der Waals surface area contributed by atoms with Crippen LogP contribution in [0.3, 0.4) is 0 Å². The first-order valence-electron chi connectivity index (χ1n) is 24.3. The van der Waals surface area contributed by atoms with E-state index < -0.39 is 11.9 Å². The third-order valence-corrected chi connectivity index (χ3v) is 14.2. The molecule has 4 aromatic carbocycles. The van der Waals surface area contributed by atoms with Crippen molar-refractivity contribution in [2.75, 3.05) is 110 Å². The summed E-state index contributed by atoms with van der Waals surface area (Å²) in [5, 5.41) is 17.9. The van der Waals surface area contributed by atoms with Crippen molar-refractivity contribution in [1.82, 2.24) is 0 Å². The minimum absolute atomic E-state index is 0.0393. The molecule has 2 aliphatic heterocycles. The fourth-order valence-corrected chi connectivity index (χ4v) is 9.91. The lowest BCUT2D eigenvalue weighted by Crippen LogP contribution is -2.53. The highest BCUT2D eigenvalue weighted by Crippen LogP contribution is 2.45. The molecule has 73 heavy (non-hydrogen) atoms. The summed E-state index contributed by atoms with van der Waals surface area (Å²) in [6, 6.07) is 20.5. The van der Waals surface area contributed by atoms with Gasteiger partial charge in [-0.3, -0.25) is 9.59 Å². The highest BCUT2D eigenvalue weighted by atomic mass is 16.5. The summed E-state index contributed by atoms with van der Waals surface area (Å²) in [5.74, 6) is 0.687. The van der Waals surface area contributed by atoms with Gasteiger partial charge in [0.05, 0.1) is 135 Å². The lowest BCUT2D eigenvalue weighted by atomic mass is 9.86. The number of quaternary nitrogens is 2. The van der Waals surface area contributed by atoms with Crippen LogP contribution in [0.4, 0.5) is 0 Å². The van der Waals surface area contributed by atoms with E-state index in [1.54, 1.807) is 56.9 Å². The van der Waals surface area contributed by atoms with Gasteiger partial charge < -0.3 is 76.1 Å². The van der Waals surface area contributed by atoms with E-state index in [0.717, 1.165) is 56.3 Å². The van der Waals surface area contributed by atoms with E-state index in [1.807, 2.05) is 24.3 Å². The average Bonchev–Trinajstić information content (AvgIpc) is 3.40. The van der Waals surface area contributed by atoms with Gasteiger partial charge in [0.15, 0.2) is 46.0 Å². The number of carboxylic acids is 2. The van der Waals surface area contributed by atoms with Crippen LogP contribution in [-0.4, -0.2) is 143 Å². The molecule has 0 radical (unpaired) electrons. The van der Waals surface area contributed by atoms with Crippen LogP contribution in [0.5, 0.6) is 46.0 Å². The first-order chi connectivity index (χ1) is 35.0. The van der Waals surface area contributed by atoms with Gasteiger partial charge in [-0.2, -0.15) is 0 Å². The molecule has 0 spiro atoms. The number of rotatable bonds is 24. The molecule has 18 nitrogen and oxygen atoms in total. The van der Waals surface area contributed by atoms with E-state index in [1.165, 1.54) is 22.3 Å². The standard InChI is InChI=1S/C53H72N2O12.C2H2O4/c1-54(22-18-38-32-48(62-7)50(64-9)34-40(38)42(54)28-36-14-16-44(58-3)46(30-36)60-5)24-20-52(56)66-26-12-11-13-27-67-53(57)21-25-55(2)23-19-39-33-49(63-8)51(65-10)35-41(39)43(55)29-37-15-17-45(59-4)47(31-37)61-6;3-1(4)2(5)6/h14-17,30-35,42-43H,11-13,18-29H2,1-10H3;(H,3,4)(H,5,6)/q+2;/p-2. The fraction of sp³-hybridized carbons (Fsp3) is 0.491. The number of carboxylic acid groups (broad SMARTS) is 2. The summed E-state index contributed by atoms with van der Waals surface area (Å²) in [7, 11) is 17.6. The lowest BCUT2D eigenvalue weighted by molar-refractivity contribution is -0.940. The number of likely N-dealkylation sites (N-methyl/N-ethyl adjacent to an activating group) is 2. The number of ether oxygens (including phenoxy) is 10. The van der Waals surface area contributed by atoms with Crippen LogP contribution in [0.1, 0.15) is 77.6 Å².